The molecule has 1 N–H and O–H groups in total. The number of carbonyl (C=O) groups excluding carboxylic acids is 2. The van der Waals surface area contributed by atoms with Gasteiger partial charge in [0.25, 0.3) is 0 Å². The molecule has 2 aromatic rings. The molecular weight excluding hydrogens is 281 g/mol. The second-order valence-electron chi connectivity index (χ2n) is 4.55. The number of fused-ring (bicyclic) bond motifs is 1. The number of hydrogen-bond donors (Lipinski definition) is 1. The molecule has 0 radical (unpaired) electrons. The second-order valence-corrected chi connectivity index (χ2v) is 4.96. The summed E-state index contributed by atoms with van der Waals surface area (Å²) in [6.07, 6.45) is 0.218. The van der Waals surface area contributed by atoms with E-state index < -0.39 is 5.82 Å². The predicted molar refractivity (Wildman–Crippen MR) is 73.6 cm³/mol. The summed E-state index contributed by atoms with van der Waals surface area (Å²) in [5.74, 6) is -0.979. The van der Waals surface area contributed by atoms with E-state index in [0.29, 0.717) is 5.69 Å². The van der Waals surface area contributed by atoms with Gasteiger partial charge < -0.3 is 5.32 Å². The van der Waals surface area contributed by atoms with Gasteiger partial charge in [-0.05, 0) is 29.8 Å². The largest absolute Gasteiger partial charge is 0.325 e. The molecule has 1 aliphatic rings. The number of amides is 1. The summed E-state index contributed by atoms with van der Waals surface area (Å²) in [5.41, 5.74) is 1.84. The summed E-state index contributed by atoms with van der Waals surface area (Å²) in [4.78, 5) is 23.7. The lowest BCUT2D eigenvalue weighted by Crippen LogP contribution is -2.03. The topological polar surface area (TPSA) is 46.2 Å². The molecule has 2 aromatic carbocycles. The Labute approximate surface area is 119 Å². The minimum Gasteiger partial charge on any atom is -0.325 e. The lowest BCUT2D eigenvalue weighted by Gasteiger charge is -2.07. The molecule has 0 fully saturated rings. The molecule has 20 heavy (non-hydrogen) atoms. The van der Waals surface area contributed by atoms with E-state index in [1.807, 2.05) is 0 Å². The van der Waals surface area contributed by atoms with Crippen LogP contribution in [0.15, 0.2) is 36.4 Å². The zero-order valence-electron chi connectivity index (χ0n) is 10.2. The highest BCUT2D eigenvalue weighted by Gasteiger charge is 2.22. The van der Waals surface area contributed by atoms with E-state index in [4.69, 9.17) is 11.6 Å². The molecule has 0 unspecified atom stereocenters. The highest BCUT2D eigenvalue weighted by atomic mass is 35.5. The Bertz CT molecular complexity index is 743. The van der Waals surface area contributed by atoms with Crippen LogP contribution in [-0.2, 0) is 11.2 Å². The van der Waals surface area contributed by atoms with E-state index in [9.17, 15) is 14.0 Å². The smallest absolute Gasteiger partial charge is 0.228 e. The van der Waals surface area contributed by atoms with E-state index in [1.54, 1.807) is 12.1 Å². The summed E-state index contributed by atoms with van der Waals surface area (Å²) >= 11 is 6.07. The van der Waals surface area contributed by atoms with Crippen LogP contribution in [0.4, 0.5) is 10.1 Å². The van der Waals surface area contributed by atoms with Crippen molar-refractivity contribution in [3.8, 4) is 0 Å². The van der Waals surface area contributed by atoms with Gasteiger partial charge in [-0.1, -0.05) is 23.7 Å². The molecule has 1 aliphatic heterocycles. The van der Waals surface area contributed by atoms with Gasteiger partial charge in [0, 0.05) is 16.8 Å². The first-order chi connectivity index (χ1) is 9.54. The van der Waals surface area contributed by atoms with Crippen LogP contribution in [0.3, 0.4) is 0 Å². The van der Waals surface area contributed by atoms with Crippen LogP contribution in [0.2, 0.25) is 5.02 Å². The summed E-state index contributed by atoms with van der Waals surface area (Å²) in [6.45, 7) is 0. The van der Waals surface area contributed by atoms with Crippen molar-refractivity contribution in [3.63, 3.8) is 0 Å². The molecule has 100 valence electrons. The van der Waals surface area contributed by atoms with Crippen molar-refractivity contribution in [1.29, 1.82) is 0 Å². The molecule has 0 saturated carbocycles. The lowest BCUT2D eigenvalue weighted by atomic mass is 10.00. The normalized spacial score (nSPS) is 13.0. The fourth-order valence-corrected chi connectivity index (χ4v) is 2.46. The van der Waals surface area contributed by atoms with Gasteiger partial charge in [0.15, 0.2) is 5.78 Å². The third-order valence-electron chi connectivity index (χ3n) is 3.15. The van der Waals surface area contributed by atoms with E-state index in [1.165, 1.54) is 18.2 Å². The third kappa shape index (κ3) is 2.18. The Morgan fingerprint density at radius 2 is 2.05 bits per heavy atom. The summed E-state index contributed by atoms with van der Waals surface area (Å²) in [5, 5.41) is 2.89. The average molecular weight is 290 g/mol. The van der Waals surface area contributed by atoms with Gasteiger partial charge in [0.1, 0.15) is 5.82 Å². The first-order valence-corrected chi connectivity index (χ1v) is 6.35. The number of nitrogens with one attached hydrogen (secondary N) is 1. The molecule has 5 heteroatoms. The zero-order chi connectivity index (χ0) is 14.3. The molecule has 0 aromatic heterocycles. The van der Waals surface area contributed by atoms with Crippen molar-refractivity contribution in [3.05, 3.63) is 63.9 Å². The Hall–Kier alpha value is -2.20. The predicted octanol–water partition coefficient (Wildman–Crippen LogP) is 3.20. The van der Waals surface area contributed by atoms with Crippen molar-refractivity contribution in [2.75, 3.05) is 5.32 Å². The molecule has 0 atom stereocenters. The van der Waals surface area contributed by atoms with Crippen LogP contribution < -0.4 is 5.32 Å². The standard InChI is InChI=1S/C15H9ClFNO2/c16-12-7-13-9(6-14(19)18-13)5-11(12)15(20)8-2-1-3-10(17)4-8/h1-5,7H,6H2,(H,18,19). The minimum absolute atomic E-state index is 0.133. The Balaban J connectivity index is 2.05. The lowest BCUT2D eigenvalue weighted by molar-refractivity contribution is -0.115. The van der Waals surface area contributed by atoms with Crippen LogP contribution in [0, 0.1) is 5.82 Å². The number of benzene rings is 2. The van der Waals surface area contributed by atoms with E-state index >= 15 is 0 Å². The van der Waals surface area contributed by atoms with E-state index in [2.05, 4.69) is 5.32 Å². The van der Waals surface area contributed by atoms with Gasteiger partial charge >= 0.3 is 0 Å². The Kier molecular flexibility index (Phi) is 3.03. The molecule has 1 heterocycles. The van der Waals surface area contributed by atoms with Crippen LogP contribution in [-0.4, -0.2) is 11.7 Å². The molecule has 0 saturated heterocycles. The van der Waals surface area contributed by atoms with E-state index in [0.717, 1.165) is 11.6 Å². The summed E-state index contributed by atoms with van der Waals surface area (Å²) in [7, 11) is 0. The number of hydrogen-bond acceptors (Lipinski definition) is 2. The number of carbonyl (C=O) groups is 2. The quantitative estimate of drug-likeness (QED) is 0.863. The van der Waals surface area contributed by atoms with Gasteiger partial charge in [-0.2, -0.15) is 0 Å². The highest BCUT2D eigenvalue weighted by molar-refractivity contribution is 6.35. The first-order valence-electron chi connectivity index (χ1n) is 5.97. The molecule has 1 amide bonds. The Morgan fingerprint density at radius 1 is 1.25 bits per heavy atom. The minimum atomic E-state index is -0.482. The van der Waals surface area contributed by atoms with Gasteiger partial charge in [0.2, 0.25) is 5.91 Å². The van der Waals surface area contributed by atoms with Crippen LogP contribution in [0.5, 0.6) is 0 Å². The highest BCUT2D eigenvalue weighted by Crippen LogP contribution is 2.31. The van der Waals surface area contributed by atoms with Crippen molar-refractivity contribution >= 4 is 29.0 Å². The Morgan fingerprint density at radius 3 is 2.80 bits per heavy atom. The van der Waals surface area contributed by atoms with Gasteiger partial charge in [-0.15, -0.1) is 0 Å². The second kappa shape index (κ2) is 4.72. The molecule has 0 bridgehead atoms. The van der Waals surface area contributed by atoms with Crippen LogP contribution >= 0.6 is 11.6 Å². The van der Waals surface area contributed by atoms with Crippen LogP contribution in [0.1, 0.15) is 21.5 Å². The molecule has 3 rings (SSSR count). The number of anilines is 1. The molecule has 0 aliphatic carbocycles. The number of ketones is 1. The summed E-state index contributed by atoms with van der Waals surface area (Å²) < 4.78 is 13.2. The van der Waals surface area contributed by atoms with E-state index in [-0.39, 0.29) is 34.3 Å². The van der Waals surface area contributed by atoms with Gasteiger partial charge in [-0.3, -0.25) is 9.59 Å². The molecule has 0 spiro atoms. The third-order valence-corrected chi connectivity index (χ3v) is 3.46. The maximum absolute atomic E-state index is 13.2. The fourth-order valence-electron chi connectivity index (χ4n) is 2.21. The van der Waals surface area contributed by atoms with Gasteiger partial charge in [0.05, 0.1) is 11.4 Å². The fraction of sp³-hybridized carbons (Fsp3) is 0.0667. The number of rotatable bonds is 2. The van der Waals surface area contributed by atoms with Crippen molar-refractivity contribution < 1.29 is 14.0 Å². The van der Waals surface area contributed by atoms with Crippen molar-refractivity contribution in [2.45, 2.75) is 6.42 Å². The summed E-state index contributed by atoms with van der Waals surface area (Å²) in [6, 6.07) is 8.56. The maximum Gasteiger partial charge on any atom is 0.228 e. The average Bonchev–Trinajstić information content (AvgIpc) is 2.76. The monoisotopic (exact) mass is 289 g/mol. The molecule has 3 nitrogen and oxygen atoms in total. The molecular formula is C15H9ClFNO2. The van der Waals surface area contributed by atoms with Gasteiger partial charge in [-0.25, -0.2) is 4.39 Å². The SMILES string of the molecule is O=C1Cc2cc(C(=O)c3cccc(F)c3)c(Cl)cc2N1. The van der Waals surface area contributed by atoms with Crippen molar-refractivity contribution in [1.82, 2.24) is 0 Å². The van der Waals surface area contributed by atoms with Crippen LogP contribution in [0.25, 0.3) is 0 Å². The number of halogens is 2. The first kappa shape index (κ1) is 12.8. The zero-order valence-corrected chi connectivity index (χ0v) is 11.0. The maximum atomic E-state index is 13.2. The van der Waals surface area contributed by atoms with Crippen molar-refractivity contribution in [2.24, 2.45) is 0 Å².